The maximum absolute atomic E-state index is 6.59. The van der Waals surface area contributed by atoms with Crippen LogP contribution in [0.25, 0.3) is 43.9 Å². The van der Waals surface area contributed by atoms with Crippen molar-refractivity contribution in [3.63, 3.8) is 0 Å². The molecule has 7 aromatic carbocycles. The average Bonchev–Trinajstić information content (AvgIpc) is 3.73. The van der Waals surface area contributed by atoms with Gasteiger partial charge in [-0.15, -0.1) is 0 Å². The van der Waals surface area contributed by atoms with Crippen molar-refractivity contribution in [3.8, 4) is 0 Å². The van der Waals surface area contributed by atoms with Crippen molar-refractivity contribution in [2.24, 2.45) is 0 Å². The van der Waals surface area contributed by atoms with Crippen LogP contribution in [0.4, 0.5) is 34.1 Å². The lowest BCUT2D eigenvalue weighted by atomic mass is 9.33. The maximum atomic E-state index is 6.59. The normalized spacial score (nSPS) is 13.9. The lowest BCUT2D eigenvalue weighted by Crippen LogP contribution is -2.61. The number of hydrogen-bond acceptors (Lipinski definition) is 4. The second-order valence-corrected chi connectivity index (χ2v) is 17.4. The molecule has 0 radical (unpaired) electrons. The maximum Gasteiger partial charge on any atom is 0.252 e. The molecule has 5 heteroatoms. The Morgan fingerprint density at radius 1 is 0.400 bits per heavy atom. The summed E-state index contributed by atoms with van der Waals surface area (Å²) in [5.41, 5.74) is 17.0. The van der Waals surface area contributed by atoms with Crippen LogP contribution < -0.4 is 26.2 Å². The standard InChI is InChI=1S/C50H41BN2O2/c1-49(2,3)30-18-22-32(23-19-30)52-40-14-11-15-41-48(40)51(38-26-36-34-12-7-9-16-44(34)54-46(36)28-42(38)52)39-27-37-35-13-8-10-17-45(35)55-47(37)29-43(39)53(41)33-24-20-31(21-25-33)50(4,5)6/h7-29H,1-6H3. The second kappa shape index (κ2) is 11.2. The van der Waals surface area contributed by atoms with E-state index in [4.69, 9.17) is 8.83 Å². The van der Waals surface area contributed by atoms with Crippen LogP contribution in [0.15, 0.2) is 148 Å². The fourth-order valence-electron chi connectivity index (χ4n) is 9.15. The first-order chi connectivity index (χ1) is 26.5. The minimum Gasteiger partial charge on any atom is -0.456 e. The van der Waals surface area contributed by atoms with Crippen LogP contribution in [0.3, 0.4) is 0 Å². The lowest BCUT2D eigenvalue weighted by Gasteiger charge is -2.44. The molecule has 2 aliphatic rings. The molecule has 0 aliphatic carbocycles. The molecule has 0 fully saturated rings. The zero-order chi connectivity index (χ0) is 37.4. The van der Waals surface area contributed by atoms with Gasteiger partial charge in [-0.3, -0.25) is 0 Å². The Bertz CT molecular complexity index is 2810. The van der Waals surface area contributed by atoms with E-state index in [-0.39, 0.29) is 17.5 Å². The Balaban J connectivity index is 1.24. The minimum atomic E-state index is -0.0393. The molecule has 0 amide bonds. The molecular weight excluding hydrogens is 671 g/mol. The number of furan rings is 2. The van der Waals surface area contributed by atoms with E-state index in [1.54, 1.807) is 0 Å². The first-order valence-corrected chi connectivity index (χ1v) is 19.4. The Morgan fingerprint density at radius 2 is 0.818 bits per heavy atom. The first kappa shape index (κ1) is 32.3. The fraction of sp³-hybridized carbons (Fsp3) is 0.160. The summed E-state index contributed by atoms with van der Waals surface area (Å²) in [7, 11) is 0. The van der Waals surface area contributed by atoms with E-state index in [9.17, 15) is 0 Å². The van der Waals surface area contributed by atoms with Crippen molar-refractivity contribution in [2.75, 3.05) is 9.80 Å². The zero-order valence-corrected chi connectivity index (χ0v) is 32.1. The van der Waals surface area contributed by atoms with Crippen LogP contribution in [-0.2, 0) is 10.8 Å². The highest BCUT2D eigenvalue weighted by Gasteiger charge is 2.44. The molecule has 2 aliphatic heterocycles. The van der Waals surface area contributed by atoms with E-state index in [2.05, 4.69) is 191 Å². The molecule has 0 atom stereocenters. The van der Waals surface area contributed by atoms with Crippen LogP contribution >= 0.6 is 0 Å². The van der Waals surface area contributed by atoms with Crippen molar-refractivity contribution in [3.05, 3.63) is 151 Å². The average molecular weight is 713 g/mol. The van der Waals surface area contributed by atoms with Crippen LogP contribution in [0.2, 0.25) is 0 Å². The third-order valence-corrected chi connectivity index (χ3v) is 12.0. The molecule has 0 saturated carbocycles. The van der Waals surface area contributed by atoms with Crippen molar-refractivity contribution >= 4 is 101 Å². The van der Waals surface area contributed by atoms with Gasteiger partial charge >= 0.3 is 0 Å². The highest BCUT2D eigenvalue weighted by Crippen LogP contribution is 2.47. The molecule has 11 rings (SSSR count). The second-order valence-electron chi connectivity index (χ2n) is 17.4. The fourth-order valence-corrected chi connectivity index (χ4v) is 9.15. The lowest BCUT2D eigenvalue weighted by molar-refractivity contribution is 0.590. The van der Waals surface area contributed by atoms with E-state index < -0.39 is 0 Å². The van der Waals surface area contributed by atoms with Gasteiger partial charge in [0.25, 0.3) is 6.71 Å². The zero-order valence-electron chi connectivity index (χ0n) is 32.1. The summed E-state index contributed by atoms with van der Waals surface area (Å²) in [5.74, 6) is 0. The molecule has 0 spiro atoms. The number of fused-ring (bicyclic) bond motifs is 10. The Labute approximate surface area is 321 Å². The van der Waals surface area contributed by atoms with Crippen molar-refractivity contribution < 1.29 is 8.83 Å². The largest absolute Gasteiger partial charge is 0.456 e. The van der Waals surface area contributed by atoms with Gasteiger partial charge in [-0.05, 0) is 86.9 Å². The van der Waals surface area contributed by atoms with E-state index in [1.165, 1.54) is 38.9 Å². The minimum absolute atomic E-state index is 0.0393. The molecule has 4 nitrogen and oxygen atoms in total. The van der Waals surface area contributed by atoms with Gasteiger partial charge in [0.1, 0.15) is 22.3 Å². The molecule has 266 valence electrons. The summed E-state index contributed by atoms with van der Waals surface area (Å²) in [4.78, 5) is 4.92. The Morgan fingerprint density at radius 3 is 1.24 bits per heavy atom. The molecule has 9 aromatic rings. The molecular formula is C50H41BN2O2. The van der Waals surface area contributed by atoms with E-state index in [0.717, 1.165) is 66.6 Å². The van der Waals surface area contributed by atoms with Gasteiger partial charge < -0.3 is 18.6 Å². The van der Waals surface area contributed by atoms with Gasteiger partial charge in [0, 0.05) is 67.8 Å². The van der Waals surface area contributed by atoms with Crippen molar-refractivity contribution in [1.29, 1.82) is 0 Å². The summed E-state index contributed by atoms with van der Waals surface area (Å²) in [6.45, 7) is 13.6. The van der Waals surface area contributed by atoms with Crippen LogP contribution in [0.5, 0.6) is 0 Å². The topological polar surface area (TPSA) is 32.8 Å². The Hall–Kier alpha value is -6.20. The number of nitrogens with zero attached hydrogens (tertiary/aromatic N) is 2. The quantitative estimate of drug-likeness (QED) is 0.167. The number of rotatable bonds is 2. The van der Waals surface area contributed by atoms with Crippen molar-refractivity contribution in [1.82, 2.24) is 0 Å². The van der Waals surface area contributed by atoms with Crippen LogP contribution in [-0.4, -0.2) is 6.71 Å². The van der Waals surface area contributed by atoms with E-state index in [1.807, 2.05) is 0 Å². The van der Waals surface area contributed by atoms with Crippen LogP contribution in [0, 0.1) is 0 Å². The van der Waals surface area contributed by atoms with E-state index >= 15 is 0 Å². The molecule has 2 aromatic heterocycles. The summed E-state index contributed by atoms with van der Waals surface area (Å²) < 4.78 is 13.2. The van der Waals surface area contributed by atoms with Crippen molar-refractivity contribution in [2.45, 2.75) is 52.4 Å². The first-order valence-electron chi connectivity index (χ1n) is 19.4. The molecule has 0 unspecified atom stereocenters. The third kappa shape index (κ3) is 4.72. The summed E-state index contributed by atoms with van der Waals surface area (Å²) in [6, 6.07) is 51.3. The summed E-state index contributed by atoms with van der Waals surface area (Å²) in [5, 5.41) is 4.53. The van der Waals surface area contributed by atoms with Gasteiger partial charge in [0.15, 0.2) is 0 Å². The number of benzene rings is 7. The third-order valence-electron chi connectivity index (χ3n) is 12.0. The molecule has 0 N–H and O–H groups in total. The predicted molar refractivity (Wildman–Crippen MR) is 232 cm³/mol. The summed E-state index contributed by atoms with van der Waals surface area (Å²) in [6.07, 6.45) is 0. The summed E-state index contributed by atoms with van der Waals surface area (Å²) >= 11 is 0. The SMILES string of the molecule is CC(C)(C)c1ccc(N2c3cc4oc5ccccc5c4cc3B3c4cc5c(cc4N(c4ccc(C(C)(C)C)cc4)c4cccc2c43)oc2ccccc25)cc1. The molecule has 0 bridgehead atoms. The van der Waals surface area contributed by atoms with Gasteiger partial charge in [-0.25, -0.2) is 0 Å². The monoisotopic (exact) mass is 712 g/mol. The molecule has 55 heavy (non-hydrogen) atoms. The number of anilines is 6. The smallest absolute Gasteiger partial charge is 0.252 e. The molecule has 4 heterocycles. The Kier molecular flexibility index (Phi) is 6.55. The van der Waals surface area contributed by atoms with Gasteiger partial charge in [-0.1, -0.05) is 120 Å². The van der Waals surface area contributed by atoms with Gasteiger partial charge in [-0.2, -0.15) is 0 Å². The molecule has 0 saturated heterocycles. The van der Waals surface area contributed by atoms with Crippen LogP contribution in [0.1, 0.15) is 52.7 Å². The number of hydrogen-bond donors (Lipinski definition) is 0. The van der Waals surface area contributed by atoms with Gasteiger partial charge in [0.05, 0.1) is 0 Å². The predicted octanol–water partition coefficient (Wildman–Crippen LogP) is 12.2. The van der Waals surface area contributed by atoms with E-state index in [0.29, 0.717) is 0 Å². The highest BCUT2D eigenvalue weighted by atomic mass is 16.3. The highest BCUT2D eigenvalue weighted by molar-refractivity contribution is 7.00. The number of para-hydroxylation sites is 2. The van der Waals surface area contributed by atoms with Gasteiger partial charge in [0.2, 0.25) is 0 Å².